The van der Waals surface area contributed by atoms with Gasteiger partial charge in [-0.3, -0.25) is 4.79 Å². The van der Waals surface area contributed by atoms with Gasteiger partial charge in [-0.2, -0.15) is 0 Å². The molecule has 112 valence electrons. The summed E-state index contributed by atoms with van der Waals surface area (Å²) in [5, 5.41) is 5.22. The van der Waals surface area contributed by atoms with Crippen LogP contribution in [-0.4, -0.2) is 9.97 Å². The molecule has 0 unspecified atom stereocenters. The molecule has 0 fully saturated rings. The van der Waals surface area contributed by atoms with Crippen molar-refractivity contribution in [3.8, 4) is 0 Å². The van der Waals surface area contributed by atoms with E-state index in [0.29, 0.717) is 22.4 Å². The van der Waals surface area contributed by atoms with Crippen LogP contribution in [0.25, 0.3) is 21.8 Å². The van der Waals surface area contributed by atoms with Crippen molar-refractivity contribution in [2.45, 2.75) is 0 Å². The van der Waals surface area contributed by atoms with Crippen LogP contribution >= 0.6 is 0 Å². The third-order valence-electron chi connectivity index (χ3n) is 3.75. The predicted octanol–water partition coefficient (Wildman–Crippen LogP) is 3.96. The van der Waals surface area contributed by atoms with E-state index in [9.17, 15) is 9.18 Å². The summed E-state index contributed by atoms with van der Waals surface area (Å²) in [6.07, 6.45) is 1.64. The zero-order chi connectivity index (χ0) is 15.8. The van der Waals surface area contributed by atoms with Gasteiger partial charge in [0, 0.05) is 22.7 Å². The molecule has 2 heterocycles. The fourth-order valence-electron chi connectivity index (χ4n) is 2.66. The minimum Gasteiger partial charge on any atom is -0.353 e. The first kappa shape index (κ1) is 13.5. The normalized spacial score (nSPS) is 11.0. The lowest BCUT2D eigenvalue weighted by Crippen LogP contribution is -2.07. The zero-order valence-corrected chi connectivity index (χ0v) is 12.0. The van der Waals surface area contributed by atoms with Crippen LogP contribution in [0, 0.1) is 5.82 Å². The summed E-state index contributed by atoms with van der Waals surface area (Å²) in [7, 11) is 0. The zero-order valence-electron chi connectivity index (χ0n) is 12.0. The van der Waals surface area contributed by atoms with Crippen LogP contribution in [0.2, 0.25) is 0 Å². The van der Waals surface area contributed by atoms with Crippen LogP contribution in [0.4, 0.5) is 15.8 Å². The summed E-state index contributed by atoms with van der Waals surface area (Å²) >= 11 is 0. The van der Waals surface area contributed by atoms with Crippen LogP contribution in [0.1, 0.15) is 0 Å². The molecule has 0 aliphatic heterocycles. The summed E-state index contributed by atoms with van der Waals surface area (Å²) in [5.74, 6) is -0.343. The molecule has 5 heteroatoms. The highest BCUT2D eigenvalue weighted by Gasteiger charge is 2.07. The smallest absolute Gasteiger partial charge is 0.257 e. The number of hydrogen-bond donors (Lipinski definition) is 2. The summed E-state index contributed by atoms with van der Waals surface area (Å²) in [5.41, 5.74) is 1.35. The van der Waals surface area contributed by atoms with Crippen molar-refractivity contribution >= 4 is 33.2 Å². The van der Waals surface area contributed by atoms with Crippen molar-refractivity contribution in [1.82, 2.24) is 9.97 Å². The molecule has 0 saturated heterocycles. The molecule has 2 N–H and O–H groups in total. The number of halogens is 1. The number of nitrogens with one attached hydrogen (secondary N) is 2. The van der Waals surface area contributed by atoms with Gasteiger partial charge in [-0.15, -0.1) is 0 Å². The van der Waals surface area contributed by atoms with Gasteiger partial charge in [-0.25, -0.2) is 9.37 Å². The molecule has 23 heavy (non-hydrogen) atoms. The Morgan fingerprint density at radius 2 is 1.83 bits per heavy atom. The molecule has 0 amide bonds. The molecule has 2 aromatic heterocycles. The molecule has 0 aliphatic rings. The summed E-state index contributed by atoms with van der Waals surface area (Å²) < 4.78 is 13.7. The average Bonchev–Trinajstić information content (AvgIpc) is 2.57. The quantitative estimate of drug-likeness (QED) is 0.551. The number of nitrogens with zero attached hydrogens (tertiary/aromatic N) is 1. The number of anilines is 2. The van der Waals surface area contributed by atoms with E-state index in [1.165, 1.54) is 6.07 Å². The number of benzene rings is 2. The Balaban J connectivity index is 1.88. The maximum atomic E-state index is 13.7. The second-order valence-corrected chi connectivity index (χ2v) is 5.22. The van der Waals surface area contributed by atoms with Crippen LogP contribution in [0.3, 0.4) is 0 Å². The van der Waals surface area contributed by atoms with Crippen molar-refractivity contribution in [1.29, 1.82) is 0 Å². The Bertz CT molecular complexity index is 1090. The van der Waals surface area contributed by atoms with Gasteiger partial charge in [0.15, 0.2) is 0 Å². The van der Waals surface area contributed by atoms with E-state index in [1.54, 1.807) is 30.5 Å². The Labute approximate surface area is 130 Å². The SMILES string of the molecule is O=c1[nH]c2ncccc2c2ccc(Nc3ccccc3F)cc12. The molecular formula is C18H12FN3O. The third kappa shape index (κ3) is 2.32. The van der Waals surface area contributed by atoms with Crippen LogP contribution in [0.5, 0.6) is 0 Å². The molecule has 0 atom stereocenters. The van der Waals surface area contributed by atoms with Crippen molar-refractivity contribution < 1.29 is 4.39 Å². The molecule has 4 nitrogen and oxygen atoms in total. The maximum absolute atomic E-state index is 13.7. The standard InChI is InChI=1S/C18H12FN3O/c19-15-5-1-2-6-16(15)21-11-7-8-12-13-4-3-9-20-17(13)22-18(23)14(12)10-11/h1-10,21H,(H,20,22,23). The number of para-hydroxylation sites is 1. The molecule has 0 spiro atoms. The van der Waals surface area contributed by atoms with Gasteiger partial charge < -0.3 is 10.3 Å². The lowest BCUT2D eigenvalue weighted by Gasteiger charge is -2.09. The van der Waals surface area contributed by atoms with E-state index in [-0.39, 0.29) is 11.4 Å². The monoisotopic (exact) mass is 305 g/mol. The fourth-order valence-corrected chi connectivity index (χ4v) is 2.66. The number of pyridine rings is 2. The Morgan fingerprint density at radius 1 is 0.957 bits per heavy atom. The average molecular weight is 305 g/mol. The first-order valence-electron chi connectivity index (χ1n) is 7.15. The van der Waals surface area contributed by atoms with Crippen LogP contribution < -0.4 is 10.9 Å². The Hall–Kier alpha value is -3.21. The van der Waals surface area contributed by atoms with E-state index in [1.807, 2.05) is 24.3 Å². The highest BCUT2D eigenvalue weighted by Crippen LogP contribution is 2.25. The van der Waals surface area contributed by atoms with Gasteiger partial charge in [0.1, 0.15) is 11.5 Å². The number of rotatable bonds is 2. The van der Waals surface area contributed by atoms with E-state index < -0.39 is 0 Å². The molecule has 4 aromatic rings. The fraction of sp³-hybridized carbons (Fsp3) is 0. The molecule has 0 saturated carbocycles. The van der Waals surface area contributed by atoms with Crippen molar-refractivity contribution in [2.75, 3.05) is 5.32 Å². The first-order chi connectivity index (χ1) is 11.2. The number of hydrogen-bond acceptors (Lipinski definition) is 3. The van der Waals surface area contributed by atoms with Crippen LogP contribution in [-0.2, 0) is 0 Å². The number of aromatic amines is 1. The Morgan fingerprint density at radius 3 is 2.70 bits per heavy atom. The first-order valence-corrected chi connectivity index (χ1v) is 7.15. The van der Waals surface area contributed by atoms with Gasteiger partial charge >= 0.3 is 0 Å². The van der Waals surface area contributed by atoms with Gasteiger partial charge in [-0.05, 0) is 41.8 Å². The summed E-state index contributed by atoms with van der Waals surface area (Å²) in [6, 6.07) is 15.5. The summed E-state index contributed by atoms with van der Waals surface area (Å²) in [6.45, 7) is 0. The van der Waals surface area contributed by atoms with Crippen molar-refractivity contribution in [3.05, 3.63) is 77.0 Å². The van der Waals surface area contributed by atoms with E-state index in [2.05, 4.69) is 15.3 Å². The molecular weight excluding hydrogens is 293 g/mol. The van der Waals surface area contributed by atoms with Gasteiger partial charge in [0.25, 0.3) is 5.56 Å². The van der Waals surface area contributed by atoms with Crippen molar-refractivity contribution in [3.63, 3.8) is 0 Å². The number of fused-ring (bicyclic) bond motifs is 3. The second-order valence-electron chi connectivity index (χ2n) is 5.22. The van der Waals surface area contributed by atoms with Gasteiger partial charge in [0.2, 0.25) is 0 Å². The highest BCUT2D eigenvalue weighted by atomic mass is 19.1. The second kappa shape index (κ2) is 5.21. The predicted molar refractivity (Wildman–Crippen MR) is 89.6 cm³/mol. The third-order valence-corrected chi connectivity index (χ3v) is 3.75. The number of aromatic nitrogens is 2. The Kier molecular flexibility index (Phi) is 3.05. The molecule has 0 bridgehead atoms. The van der Waals surface area contributed by atoms with Crippen molar-refractivity contribution in [2.24, 2.45) is 0 Å². The maximum Gasteiger partial charge on any atom is 0.257 e. The molecule has 2 aromatic carbocycles. The van der Waals surface area contributed by atoms with E-state index in [0.717, 1.165) is 10.8 Å². The lowest BCUT2D eigenvalue weighted by molar-refractivity contribution is 0.632. The largest absolute Gasteiger partial charge is 0.353 e. The van der Waals surface area contributed by atoms with E-state index >= 15 is 0 Å². The minimum absolute atomic E-state index is 0.219. The van der Waals surface area contributed by atoms with Gasteiger partial charge in [-0.1, -0.05) is 18.2 Å². The number of H-pyrrole nitrogens is 1. The molecule has 4 rings (SSSR count). The summed E-state index contributed by atoms with van der Waals surface area (Å²) in [4.78, 5) is 19.2. The lowest BCUT2D eigenvalue weighted by atomic mass is 10.1. The molecule has 0 radical (unpaired) electrons. The topological polar surface area (TPSA) is 57.8 Å². The minimum atomic E-state index is -0.343. The van der Waals surface area contributed by atoms with Crippen LogP contribution in [0.15, 0.2) is 65.6 Å². The highest BCUT2D eigenvalue weighted by molar-refractivity contribution is 6.05. The molecule has 0 aliphatic carbocycles. The van der Waals surface area contributed by atoms with E-state index in [4.69, 9.17) is 0 Å². The van der Waals surface area contributed by atoms with Gasteiger partial charge in [0.05, 0.1) is 5.69 Å².